The van der Waals surface area contributed by atoms with E-state index >= 15 is 0 Å². The van der Waals surface area contributed by atoms with Gasteiger partial charge in [0.25, 0.3) is 5.92 Å². The number of halogens is 2. The van der Waals surface area contributed by atoms with Crippen molar-refractivity contribution in [2.75, 3.05) is 0 Å². The molecule has 0 fully saturated rings. The maximum Gasteiger partial charge on any atom is 0.252 e. The molecule has 5 aromatic rings. The summed E-state index contributed by atoms with van der Waals surface area (Å²) in [5.41, 5.74) is 4.41. The number of carbonyl (C=O) groups excluding carboxylic acids is 1. The van der Waals surface area contributed by atoms with E-state index in [0.717, 1.165) is 73.6 Å². The fraction of sp³-hybridized carbons (Fsp3) is 0.455. The molecule has 0 amide bonds. The molecule has 1 aliphatic rings. The number of aryl methyl sites for hydroxylation is 1. The Balaban J connectivity index is 0.000000279. The van der Waals surface area contributed by atoms with Crippen LogP contribution in [0.5, 0.6) is 0 Å². The van der Waals surface area contributed by atoms with Crippen molar-refractivity contribution in [2.24, 2.45) is 10.8 Å². The van der Waals surface area contributed by atoms with E-state index in [9.17, 15) is 18.7 Å². The first kappa shape index (κ1) is 40.8. The van der Waals surface area contributed by atoms with Crippen LogP contribution in [0.15, 0.2) is 66.6 Å². The second-order valence-electron chi connectivity index (χ2n) is 15.6. The Bertz CT molecular complexity index is 2070. The largest absolute Gasteiger partial charge is 0.512 e. The molecule has 51 heavy (non-hydrogen) atoms. The van der Waals surface area contributed by atoms with Crippen LogP contribution in [-0.2, 0) is 43.2 Å². The molecule has 1 radical (unpaired) electrons. The number of allylic oxidation sites excluding steroid dienone is 2. The van der Waals surface area contributed by atoms with Gasteiger partial charge in [-0.2, -0.15) is 0 Å². The zero-order chi connectivity index (χ0) is 36.6. The zero-order valence-corrected chi connectivity index (χ0v) is 34.7. The van der Waals surface area contributed by atoms with E-state index in [1.165, 1.54) is 17.0 Å². The summed E-state index contributed by atoms with van der Waals surface area (Å²) in [7, 11) is 0. The number of thiophene rings is 1. The molecule has 0 atom stereocenters. The second kappa shape index (κ2) is 15.5. The molecule has 3 nitrogen and oxygen atoms in total. The van der Waals surface area contributed by atoms with Crippen molar-refractivity contribution < 1.29 is 38.8 Å². The van der Waals surface area contributed by atoms with E-state index in [1.54, 1.807) is 11.3 Å². The van der Waals surface area contributed by atoms with Gasteiger partial charge in [0.1, 0.15) is 5.76 Å². The van der Waals surface area contributed by atoms with Crippen molar-refractivity contribution >= 4 is 48.1 Å². The molecular formula is C44H52F2IrNO2S-. The number of benzene rings is 3. The first-order valence-electron chi connectivity index (χ1n) is 18.1. The number of aliphatic hydroxyl groups is 1. The van der Waals surface area contributed by atoms with E-state index in [4.69, 9.17) is 4.98 Å². The van der Waals surface area contributed by atoms with E-state index in [0.29, 0.717) is 6.42 Å². The number of aliphatic hydroxyl groups excluding tert-OH is 1. The number of alkyl halides is 2. The summed E-state index contributed by atoms with van der Waals surface area (Å²) >= 11 is 1.69. The van der Waals surface area contributed by atoms with Crippen LogP contribution in [0.1, 0.15) is 111 Å². The maximum absolute atomic E-state index is 14.0. The molecule has 6 rings (SSSR count). The number of hydrogen-bond donors (Lipinski definition) is 1. The molecule has 1 N–H and O–H groups in total. The Morgan fingerprint density at radius 1 is 0.902 bits per heavy atom. The molecule has 3 aromatic carbocycles. The van der Waals surface area contributed by atoms with Crippen LogP contribution in [0.2, 0.25) is 0 Å². The minimum Gasteiger partial charge on any atom is -0.512 e. The van der Waals surface area contributed by atoms with Crippen molar-refractivity contribution in [3.8, 4) is 11.3 Å². The van der Waals surface area contributed by atoms with Gasteiger partial charge in [-0.1, -0.05) is 104 Å². The fourth-order valence-electron chi connectivity index (χ4n) is 6.83. The van der Waals surface area contributed by atoms with Gasteiger partial charge in [-0.15, -0.1) is 40.5 Å². The number of pyridine rings is 1. The molecule has 0 spiro atoms. The number of rotatable bonds is 8. The van der Waals surface area contributed by atoms with Crippen LogP contribution < -0.4 is 0 Å². The summed E-state index contributed by atoms with van der Waals surface area (Å²) < 4.78 is 30.3. The minimum absolute atomic E-state index is 0. The number of carbonyl (C=O) groups is 1. The Morgan fingerprint density at radius 2 is 1.53 bits per heavy atom. The van der Waals surface area contributed by atoms with Gasteiger partial charge >= 0.3 is 0 Å². The smallest absolute Gasteiger partial charge is 0.252 e. The van der Waals surface area contributed by atoms with Gasteiger partial charge in [0.05, 0.1) is 0 Å². The molecule has 2 aromatic heterocycles. The molecule has 0 unspecified atom stereocenters. The third kappa shape index (κ3) is 8.16. The predicted molar refractivity (Wildman–Crippen MR) is 208 cm³/mol. The van der Waals surface area contributed by atoms with E-state index in [2.05, 4.69) is 51.1 Å². The van der Waals surface area contributed by atoms with Crippen LogP contribution in [0.4, 0.5) is 8.78 Å². The molecule has 0 bridgehead atoms. The van der Waals surface area contributed by atoms with Crippen molar-refractivity contribution in [1.29, 1.82) is 0 Å². The minimum atomic E-state index is -2.60. The van der Waals surface area contributed by atoms with Crippen molar-refractivity contribution in [3.63, 3.8) is 0 Å². The van der Waals surface area contributed by atoms with E-state index < -0.39 is 5.92 Å². The number of aromatic nitrogens is 1. The van der Waals surface area contributed by atoms with Crippen LogP contribution in [0.3, 0.4) is 0 Å². The van der Waals surface area contributed by atoms with E-state index in [1.807, 2.05) is 72.0 Å². The summed E-state index contributed by atoms with van der Waals surface area (Å²) in [6.07, 6.45) is 6.80. The molecule has 2 heterocycles. The fourth-order valence-corrected chi connectivity index (χ4v) is 8.23. The van der Waals surface area contributed by atoms with E-state index in [-0.39, 0.29) is 60.7 Å². The summed E-state index contributed by atoms with van der Waals surface area (Å²) in [6, 6.07) is 20.2. The average molecular weight is 889 g/mol. The molecular weight excluding hydrogens is 837 g/mol. The van der Waals surface area contributed by atoms with Crippen LogP contribution in [0.25, 0.3) is 42.2 Å². The standard InChI is InChI=1S/C29H24F2NS.C15H28O2.Ir/c1-28(2,3)24-15-19(14-17-6-4-5-7-20(17)24)25-27-23(11-13-32-25)22-9-8-18-16-29(30,31)12-10-21(18)26(22)33-27;1-7-14(5,8-2)12(16)11-13(17)15(6,9-3)10-4;/h4-9,11,13,15H,10,12,16H2,1-3H3;11,16H,7-10H2,1-6H3;/q-1;;/b;12-11-;. The first-order chi connectivity index (χ1) is 23.5. The molecule has 0 saturated heterocycles. The molecule has 7 heteroatoms. The van der Waals surface area contributed by atoms with Crippen LogP contribution >= 0.6 is 11.3 Å². The third-order valence-corrected chi connectivity index (χ3v) is 12.7. The van der Waals surface area contributed by atoms with Gasteiger partial charge in [-0.05, 0) is 60.1 Å². The van der Waals surface area contributed by atoms with Crippen molar-refractivity contribution in [3.05, 3.63) is 89.3 Å². The monoisotopic (exact) mass is 889 g/mol. The van der Waals surface area contributed by atoms with Crippen LogP contribution in [0, 0.1) is 16.9 Å². The molecule has 275 valence electrons. The number of fused-ring (bicyclic) bond motifs is 6. The topological polar surface area (TPSA) is 50.2 Å². The van der Waals surface area contributed by atoms with Gasteiger partial charge in [-0.3, -0.25) is 9.78 Å². The average Bonchev–Trinajstić information content (AvgIpc) is 3.48. The van der Waals surface area contributed by atoms with Gasteiger partial charge in [0.15, 0.2) is 5.78 Å². The molecule has 1 aliphatic carbocycles. The Hall–Kier alpha value is -2.99. The Kier molecular flexibility index (Phi) is 12.4. The number of hydrogen-bond acceptors (Lipinski definition) is 4. The van der Waals surface area contributed by atoms with Gasteiger partial charge in [-0.25, -0.2) is 8.78 Å². The molecule has 0 saturated carbocycles. The maximum atomic E-state index is 14.0. The van der Waals surface area contributed by atoms with Crippen molar-refractivity contribution in [2.45, 2.75) is 119 Å². The predicted octanol–water partition coefficient (Wildman–Crippen LogP) is 13.1. The molecule has 0 aliphatic heterocycles. The van der Waals surface area contributed by atoms with Gasteiger partial charge in [0, 0.05) is 76.5 Å². The SMILES string of the molecule is CC(C)(C)c1cc(-c2nccc3c2sc2c4c(ccc23)CC(F)(F)CC4)[c-]c2ccccc12.CCC(C)(CC)C(=O)/C=C(\O)C(C)(CC)CC.[Ir]. The number of ketones is 1. The Morgan fingerprint density at radius 3 is 2.16 bits per heavy atom. The quantitative estimate of drug-likeness (QED) is 0.0959. The van der Waals surface area contributed by atoms with Crippen molar-refractivity contribution in [1.82, 2.24) is 4.98 Å². The van der Waals surface area contributed by atoms with Crippen LogP contribution in [-0.4, -0.2) is 21.8 Å². The summed E-state index contributed by atoms with van der Waals surface area (Å²) in [6.45, 7) is 18.8. The summed E-state index contributed by atoms with van der Waals surface area (Å²) in [5, 5.41) is 14.7. The third-order valence-electron chi connectivity index (χ3n) is 11.4. The second-order valence-corrected chi connectivity index (χ2v) is 16.6. The first-order valence-corrected chi connectivity index (χ1v) is 18.9. The van der Waals surface area contributed by atoms with Gasteiger partial charge in [0.2, 0.25) is 0 Å². The Labute approximate surface area is 320 Å². The van der Waals surface area contributed by atoms with Gasteiger partial charge < -0.3 is 5.11 Å². The zero-order valence-electron chi connectivity index (χ0n) is 31.5. The summed E-state index contributed by atoms with van der Waals surface area (Å²) in [5.74, 6) is -2.32. The number of nitrogens with zero attached hydrogens (tertiary/aromatic N) is 1. The normalized spacial score (nSPS) is 14.9. The summed E-state index contributed by atoms with van der Waals surface area (Å²) in [4.78, 5) is 17.0.